The molecule has 1 N–H and O–H groups in total. The molecule has 3 aromatic rings. The van der Waals surface area contributed by atoms with Crippen LogP contribution in [-0.4, -0.2) is 58.0 Å². The zero-order valence-corrected chi connectivity index (χ0v) is 24.7. The number of benzene rings is 3. The molecule has 0 spiro atoms. The van der Waals surface area contributed by atoms with Crippen molar-refractivity contribution in [2.45, 2.75) is 44.3 Å². The Bertz CT molecular complexity index is 1430. The lowest BCUT2D eigenvalue weighted by molar-refractivity contribution is -0.139. The molecule has 0 aliphatic carbocycles. The molecule has 3 rings (SSSR count). The van der Waals surface area contributed by atoms with Crippen LogP contribution in [0.15, 0.2) is 77.7 Å². The summed E-state index contributed by atoms with van der Waals surface area (Å²) in [6, 6.07) is 18.3. The Morgan fingerprint density at radius 3 is 2.12 bits per heavy atom. The summed E-state index contributed by atoms with van der Waals surface area (Å²) >= 11 is 6.39. The van der Waals surface area contributed by atoms with Gasteiger partial charge < -0.3 is 19.7 Å². The maximum absolute atomic E-state index is 14.0. The number of hydrogen-bond donors (Lipinski definition) is 1. The molecular formula is C29H34ClN3O6S. The van der Waals surface area contributed by atoms with Gasteiger partial charge in [-0.1, -0.05) is 48.0 Å². The molecule has 3 aromatic carbocycles. The number of nitrogens with one attached hydrogen (secondary N) is 1. The molecule has 0 radical (unpaired) electrons. The fraction of sp³-hybridized carbons (Fsp3) is 0.310. The fourth-order valence-electron chi connectivity index (χ4n) is 4.03. The number of methoxy groups -OCH3 is 2. The minimum absolute atomic E-state index is 0.000776. The van der Waals surface area contributed by atoms with Gasteiger partial charge in [0.25, 0.3) is 10.0 Å². The standard InChI is InChI=1S/C29H34ClN3O6S/c1-20(2)31-29(35)21(3)32(18-22-11-9-10-14-25(22)30)28(34)19-33(40(36,37)24-12-7-6-8-13-24)23-15-16-26(38-4)27(17-23)39-5/h6-17,20-21H,18-19H2,1-5H3,(H,31,35)/t21-/m0/s1. The second-order valence-electron chi connectivity index (χ2n) is 9.32. The predicted molar refractivity (Wildman–Crippen MR) is 155 cm³/mol. The third-order valence-electron chi connectivity index (χ3n) is 6.16. The Morgan fingerprint density at radius 2 is 1.52 bits per heavy atom. The van der Waals surface area contributed by atoms with Crippen LogP contribution in [0.25, 0.3) is 0 Å². The van der Waals surface area contributed by atoms with E-state index in [4.69, 9.17) is 21.1 Å². The Hall–Kier alpha value is -3.76. The molecule has 0 aliphatic rings. The monoisotopic (exact) mass is 587 g/mol. The van der Waals surface area contributed by atoms with Crippen molar-refractivity contribution in [2.24, 2.45) is 0 Å². The maximum Gasteiger partial charge on any atom is 0.264 e. The molecule has 0 fully saturated rings. The second kappa shape index (κ2) is 13.5. The van der Waals surface area contributed by atoms with Crippen molar-refractivity contribution in [3.05, 3.63) is 83.4 Å². The molecule has 11 heteroatoms. The number of carbonyl (C=O) groups excluding carboxylic acids is 2. The second-order valence-corrected chi connectivity index (χ2v) is 11.6. The first-order valence-electron chi connectivity index (χ1n) is 12.6. The van der Waals surface area contributed by atoms with Gasteiger partial charge in [0, 0.05) is 23.7 Å². The van der Waals surface area contributed by atoms with E-state index < -0.39 is 28.5 Å². The topological polar surface area (TPSA) is 105 Å². The van der Waals surface area contributed by atoms with E-state index in [0.717, 1.165) is 4.31 Å². The summed E-state index contributed by atoms with van der Waals surface area (Å²) in [6.07, 6.45) is 0. The van der Waals surface area contributed by atoms with Crippen LogP contribution < -0.4 is 19.1 Å². The third kappa shape index (κ3) is 7.25. The Kier molecular flexibility index (Phi) is 10.4. The number of amides is 2. The molecule has 214 valence electrons. The first kappa shape index (κ1) is 30.8. The summed E-state index contributed by atoms with van der Waals surface area (Å²) in [4.78, 5) is 28.3. The predicted octanol–water partition coefficient (Wildman–Crippen LogP) is 4.49. The van der Waals surface area contributed by atoms with Crippen molar-refractivity contribution in [3.8, 4) is 11.5 Å². The van der Waals surface area contributed by atoms with Gasteiger partial charge in [-0.05, 0) is 56.7 Å². The summed E-state index contributed by atoms with van der Waals surface area (Å²) in [5, 5.41) is 3.24. The first-order chi connectivity index (χ1) is 19.0. The summed E-state index contributed by atoms with van der Waals surface area (Å²) in [6.45, 7) is 4.64. The molecule has 2 amide bonds. The molecule has 0 aliphatic heterocycles. The Balaban J connectivity index is 2.09. The Morgan fingerprint density at radius 1 is 0.900 bits per heavy atom. The van der Waals surface area contributed by atoms with Crippen LogP contribution in [0, 0.1) is 0 Å². The molecule has 0 unspecified atom stereocenters. The van der Waals surface area contributed by atoms with E-state index in [1.807, 2.05) is 13.8 Å². The highest BCUT2D eigenvalue weighted by Crippen LogP contribution is 2.34. The Labute approximate surface area is 240 Å². The van der Waals surface area contributed by atoms with Crippen LogP contribution in [0.2, 0.25) is 5.02 Å². The van der Waals surface area contributed by atoms with Gasteiger partial charge in [0.15, 0.2) is 11.5 Å². The van der Waals surface area contributed by atoms with Crippen molar-refractivity contribution in [1.82, 2.24) is 10.2 Å². The van der Waals surface area contributed by atoms with Crippen molar-refractivity contribution < 1.29 is 27.5 Å². The van der Waals surface area contributed by atoms with Crippen molar-refractivity contribution in [3.63, 3.8) is 0 Å². The van der Waals surface area contributed by atoms with Gasteiger partial charge in [-0.2, -0.15) is 0 Å². The van der Waals surface area contributed by atoms with E-state index in [9.17, 15) is 18.0 Å². The molecule has 0 bridgehead atoms. The lowest BCUT2D eigenvalue weighted by atomic mass is 10.1. The largest absolute Gasteiger partial charge is 0.493 e. The maximum atomic E-state index is 14.0. The van der Waals surface area contributed by atoms with Gasteiger partial charge in [-0.25, -0.2) is 8.42 Å². The van der Waals surface area contributed by atoms with Gasteiger partial charge in [-0.3, -0.25) is 13.9 Å². The zero-order valence-electron chi connectivity index (χ0n) is 23.1. The summed E-state index contributed by atoms with van der Waals surface area (Å²) in [7, 11) is -1.31. The van der Waals surface area contributed by atoms with Crippen LogP contribution >= 0.6 is 11.6 Å². The summed E-state index contributed by atoms with van der Waals surface area (Å²) in [5.74, 6) is -0.285. The minimum atomic E-state index is -4.21. The zero-order chi connectivity index (χ0) is 29.4. The van der Waals surface area contributed by atoms with Gasteiger partial charge in [0.1, 0.15) is 12.6 Å². The van der Waals surface area contributed by atoms with E-state index in [1.165, 1.54) is 43.4 Å². The van der Waals surface area contributed by atoms with Gasteiger partial charge in [0.2, 0.25) is 11.8 Å². The molecular weight excluding hydrogens is 554 g/mol. The molecule has 0 aromatic heterocycles. The molecule has 0 saturated carbocycles. The SMILES string of the molecule is COc1ccc(N(CC(=O)N(Cc2ccccc2Cl)[C@@H](C)C(=O)NC(C)C)S(=O)(=O)c2ccccc2)cc1OC. The van der Waals surface area contributed by atoms with Crippen LogP contribution in [-0.2, 0) is 26.2 Å². The van der Waals surface area contributed by atoms with Gasteiger partial charge >= 0.3 is 0 Å². The fourth-order valence-corrected chi connectivity index (χ4v) is 5.65. The van der Waals surface area contributed by atoms with E-state index in [0.29, 0.717) is 22.1 Å². The molecule has 0 heterocycles. The van der Waals surface area contributed by atoms with E-state index in [-0.39, 0.29) is 29.1 Å². The van der Waals surface area contributed by atoms with E-state index in [2.05, 4.69) is 5.32 Å². The average Bonchev–Trinajstić information content (AvgIpc) is 2.94. The number of sulfonamides is 1. The first-order valence-corrected chi connectivity index (χ1v) is 14.4. The molecule has 40 heavy (non-hydrogen) atoms. The van der Waals surface area contributed by atoms with Crippen molar-refractivity contribution in [1.29, 1.82) is 0 Å². The van der Waals surface area contributed by atoms with Gasteiger partial charge in [0.05, 0.1) is 24.8 Å². The number of ether oxygens (including phenoxy) is 2. The van der Waals surface area contributed by atoms with Crippen LogP contribution in [0.1, 0.15) is 26.3 Å². The van der Waals surface area contributed by atoms with Crippen LogP contribution in [0.4, 0.5) is 5.69 Å². The smallest absolute Gasteiger partial charge is 0.264 e. The van der Waals surface area contributed by atoms with Crippen LogP contribution in [0.3, 0.4) is 0 Å². The quantitative estimate of drug-likeness (QED) is 0.335. The molecule has 9 nitrogen and oxygen atoms in total. The van der Waals surface area contributed by atoms with Crippen molar-refractivity contribution in [2.75, 3.05) is 25.1 Å². The number of nitrogens with zero attached hydrogens (tertiary/aromatic N) is 2. The summed E-state index contributed by atoms with van der Waals surface area (Å²) < 4.78 is 39.5. The highest BCUT2D eigenvalue weighted by Gasteiger charge is 2.33. The number of rotatable bonds is 12. The number of carbonyl (C=O) groups is 2. The van der Waals surface area contributed by atoms with E-state index in [1.54, 1.807) is 55.5 Å². The normalized spacial score (nSPS) is 12.0. The highest BCUT2D eigenvalue weighted by molar-refractivity contribution is 7.92. The lowest BCUT2D eigenvalue weighted by Crippen LogP contribution is -2.52. The van der Waals surface area contributed by atoms with Gasteiger partial charge in [-0.15, -0.1) is 0 Å². The van der Waals surface area contributed by atoms with E-state index >= 15 is 0 Å². The van der Waals surface area contributed by atoms with Crippen molar-refractivity contribution >= 4 is 39.1 Å². The third-order valence-corrected chi connectivity index (χ3v) is 8.32. The summed E-state index contributed by atoms with van der Waals surface area (Å²) in [5.41, 5.74) is 0.803. The number of halogens is 1. The lowest BCUT2D eigenvalue weighted by Gasteiger charge is -2.32. The average molecular weight is 588 g/mol. The highest BCUT2D eigenvalue weighted by atomic mass is 35.5. The number of hydrogen-bond acceptors (Lipinski definition) is 6. The molecule has 0 saturated heterocycles. The number of anilines is 1. The molecule has 1 atom stereocenters. The minimum Gasteiger partial charge on any atom is -0.493 e. The van der Waals surface area contributed by atoms with Crippen LogP contribution in [0.5, 0.6) is 11.5 Å².